The number of nitrogens with two attached hydrogens (primary N) is 1. The molecule has 2 nitrogen and oxygen atoms in total. The third-order valence-corrected chi connectivity index (χ3v) is 2.87. The zero-order chi connectivity index (χ0) is 13.2. The van der Waals surface area contributed by atoms with Gasteiger partial charge < -0.3 is 5.73 Å². The van der Waals surface area contributed by atoms with E-state index in [4.69, 9.17) is 5.73 Å². The van der Waals surface area contributed by atoms with Crippen LogP contribution in [0.2, 0.25) is 0 Å². The monoisotopic (exact) mass is 256 g/mol. The smallest absolute Gasteiger partial charge is 0.251 e. The summed E-state index contributed by atoms with van der Waals surface area (Å²) in [6, 6.07) is 10.2. The highest BCUT2D eigenvalue weighted by atomic mass is 19.3. The van der Waals surface area contributed by atoms with Gasteiger partial charge in [-0.25, -0.2) is 8.78 Å². The van der Waals surface area contributed by atoms with Crippen LogP contribution in [0.15, 0.2) is 30.3 Å². The Bertz CT molecular complexity index is 304. The zero-order valence-corrected chi connectivity index (χ0v) is 10.7. The maximum atomic E-state index is 12.3. The van der Waals surface area contributed by atoms with Crippen molar-refractivity contribution in [3.63, 3.8) is 0 Å². The molecule has 0 saturated heterocycles. The first-order valence-electron chi connectivity index (χ1n) is 6.47. The van der Waals surface area contributed by atoms with Crippen molar-refractivity contribution in [1.29, 1.82) is 0 Å². The van der Waals surface area contributed by atoms with Gasteiger partial charge in [-0.15, -0.1) is 0 Å². The van der Waals surface area contributed by atoms with Crippen molar-refractivity contribution in [2.75, 3.05) is 26.2 Å². The molecule has 0 fully saturated rings. The molecule has 0 aromatic heterocycles. The normalized spacial score (nSPS) is 11.4. The second-order valence-corrected chi connectivity index (χ2v) is 4.42. The SMILES string of the molecule is NCCN(CCCCc1ccccc1)CC(F)F. The van der Waals surface area contributed by atoms with Crippen molar-refractivity contribution in [2.24, 2.45) is 5.73 Å². The maximum Gasteiger partial charge on any atom is 0.251 e. The average Bonchev–Trinajstić information content (AvgIpc) is 2.35. The number of benzene rings is 1. The lowest BCUT2D eigenvalue weighted by atomic mass is 10.1. The third kappa shape index (κ3) is 6.67. The Morgan fingerprint density at radius 1 is 1.06 bits per heavy atom. The summed E-state index contributed by atoms with van der Waals surface area (Å²) < 4.78 is 24.6. The number of unbranched alkanes of at least 4 members (excludes halogenated alkanes) is 1. The molecule has 0 heterocycles. The van der Waals surface area contributed by atoms with Crippen LogP contribution in [0, 0.1) is 0 Å². The first-order chi connectivity index (χ1) is 8.72. The van der Waals surface area contributed by atoms with E-state index in [-0.39, 0.29) is 6.54 Å². The van der Waals surface area contributed by atoms with Crippen molar-refractivity contribution in [2.45, 2.75) is 25.7 Å². The van der Waals surface area contributed by atoms with Gasteiger partial charge in [0.1, 0.15) is 0 Å². The largest absolute Gasteiger partial charge is 0.329 e. The van der Waals surface area contributed by atoms with E-state index in [1.165, 1.54) is 5.56 Å². The van der Waals surface area contributed by atoms with Gasteiger partial charge in [0.15, 0.2) is 0 Å². The van der Waals surface area contributed by atoms with Crippen LogP contribution in [0.25, 0.3) is 0 Å². The van der Waals surface area contributed by atoms with Gasteiger partial charge in [-0.1, -0.05) is 30.3 Å². The Hall–Kier alpha value is -1.00. The van der Waals surface area contributed by atoms with Crippen molar-refractivity contribution >= 4 is 0 Å². The lowest BCUT2D eigenvalue weighted by Crippen LogP contribution is -2.34. The molecule has 2 N–H and O–H groups in total. The number of aryl methyl sites for hydroxylation is 1. The Morgan fingerprint density at radius 3 is 2.39 bits per heavy atom. The molecule has 0 spiro atoms. The van der Waals surface area contributed by atoms with Gasteiger partial charge in [0.2, 0.25) is 0 Å². The molecule has 0 atom stereocenters. The summed E-state index contributed by atoms with van der Waals surface area (Å²) in [4.78, 5) is 1.75. The highest BCUT2D eigenvalue weighted by Crippen LogP contribution is 2.06. The van der Waals surface area contributed by atoms with Gasteiger partial charge in [0, 0.05) is 13.1 Å². The van der Waals surface area contributed by atoms with Crippen molar-refractivity contribution < 1.29 is 8.78 Å². The molecule has 18 heavy (non-hydrogen) atoms. The van der Waals surface area contributed by atoms with Crippen LogP contribution in [-0.2, 0) is 6.42 Å². The number of rotatable bonds is 9. The van der Waals surface area contributed by atoms with E-state index < -0.39 is 6.43 Å². The molecule has 102 valence electrons. The van der Waals surface area contributed by atoms with E-state index in [0.717, 1.165) is 19.3 Å². The fourth-order valence-electron chi connectivity index (χ4n) is 1.98. The number of alkyl halides is 2. The molecule has 0 unspecified atom stereocenters. The van der Waals surface area contributed by atoms with E-state index >= 15 is 0 Å². The fourth-order valence-corrected chi connectivity index (χ4v) is 1.98. The van der Waals surface area contributed by atoms with Crippen LogP contribution in [-0.4, -0.2) is 37.5 Å². The topological polar surface area (TPSA) is 29.3 Å². The van der Waals surface area contributed by atoms with Gasteiger partial charge in [-0.3, -0.25) is 4.90 Å². The quantitative estimate of drug-likeness (QED) is 0.688. The third-order valence-electron chi connectivity index (χ3n) is 2.87. The molecule has 0 aliphatic rings. The number of hydrogen-bond acceptors (Lipinski definition) is 2. The lowest BCUT2D eigenvalue weighted by molar-refractivity contribution is 0.0888. The van der Waals surface area contributed by atoms with Crippen LogP contribution in [0.5, 0.6) is 0 Å². The fraction of sp³-hybridized carbons (Fsp3) is 0.571. The second kappa shape index (κ2) is 9.00. The number of nitrogens with zero attached hydrogens (tertiary/aromatic N) is 1. The van der Waals surface area contributed by atoms with E-state index in [1.807, 2.05) is 18.2 Å². The van der Waals surface area contributed by atoms with Crippen molar-refractivity contribution in [3.8, 4) is 0 Å². The Labute approximate surface area is 108 Å². The van der Waals surface area contributed by atoms with E-state index in [9.17, 15) is 8.78 Å². The highest BCUT2D eigenvalue weighted by Gasteiger charge is 2.10. The average molecular weight is 256 g/mol. The van der Waals surface area contributed by atoms with E-state index in [2.05, 4.69) is 12.1 Å². The van der Waals surface area contributed by atoms with Gasteiger partial charge in [-0.05, 0) is 31.4 Å². The Morgan fingerprint density at radius 2 is 1.78 bits per heavy atom. The van der Waals surface area contributed by atoms with Crippen molar-refractivity contribution in [3.05, 3.63) is 35.9 Å². The Kier molecular flexibility index (Phi) is 7.53. The first-order valence-corrected chi connectivity index (χ1v) is 6.47. The number of hydrogen-bond donors (Lipinski definition) is 1. The van der Waals surface area contributed by atoms with E-state index in [0.29, 0.717) is 19.6 Å². The lowest BCUT2D eigenvalue weighted by Gasteiger charge is -2.20. The van der Waals surface area contributed by atoms with Crippen LogP contribution < -0.4 is 5.73 Å². The number of halogens is 2. The summed E-state index contributed by atoms with van der Waals surface area (Å²) in [7, 11) is 0. The minimum atomic E-state index is -2.27. The summed E-state index contributed by atoms with van der Waals surface area (Å²) in [5.41, 5.74) is 6.72. The highest BCUT2D eigenvalue weighted by molar-refractivity contribution is 5.14. The molecule has 0 aliphatic carbocycles. The predicted molar refractivity (Wildman–Crippen MR) is 70.9 cm³/mol. The molecular formula is C14H22F2N2. The van der Waals surface area contributed by atoms with Crippen LogP contribution in [0.1, 0.15) is 18.4 Å². The van der Waals surface area contributed by atoms with Crippen molar-refractivity contribution in [1.82, 2.24) is 4.90 Å². The zero-order valence-electron chi connectivity index (χ0n) is 10.7. The summed E-state index contributed by atoms with van der Waals surface area (Å²) in [6.07, 6.45) is 0.688. The standard InChI is InChI=1S/C14H22F2N2/c15-14(16)12-18(11-9-17)10-5-4-8-13-6-2-1-3-7-13/h1-3,6-7,14H,4-5,8-12,17H2. The van der Waals surface area contributed by atoms with Gasteiger partial charge in [0.05, 0.1) is 6.54 Å². The van der Waals surface area contributed by atoms with Crippen LogP contribution >= 0.6 is 0 Å². The summed E-state index contributed by atoms with van der Waals surface area (Å²) in [5.74, 6) is 0. The molecule has 1 rings (SSSR count). The molecule has 1 aromatic rings. The predicted octanol–water partition coefficient (Wildman–Crippen LogP) is 2.54. The maximum absolute atomic E-state index is 12.3. The molecule has 0 aliphatic heterocycles. The summed E-state index contributed by atoms with van der Waals surface area (Å²) in [6.45, 7) is 1.53. The molecule has 0 radical (unpaired) electrons. The molecule has 0 bridgehead atoms. The van der Waals surface area contributed by atoms with Gasteiger partial charge in [0.25, 0.3) is 6.43 Å². The second-order valence-electron chi connectivity index (χ2n) is 4.42. The molecule has 4 heteroatoms. The van der Waals surface area contributed by atoms with Gasteiger partial charge >= 0.3 is 0 Å². The molecular weight excluding hydrogens is 234 g/mol. The minimum Gasteiger partial charge on any atom is -0.329 e. The van der Waals surface area contributed by atoms with E-state index in [1.54, 1.807) is 4.90 Å². The summed E-state index contributed by atoms with van der Waals surface area (Å²) >= 11 is 0. The van der Waals surface area contributed by atoms with Gasteiger partial charge in [-0.2, -0.15) is 0 Å². The molecule has 0 amide bonds. The summed E-state index contributed by atoms with van der Waals surface area (Å²) in [5, 5.41) is 0. The molecule has 0 saturated carbocycles. The van der Waals surface area contributed by atoms with Crippen LogP contribution in [0.3, 0.4) is 0 Å². The van der Waals surface area contributed by atoms with Crippen LogP contribution in [0.4, 0.5) is 8.78 Å². The molecule has 1 aromatic carbocycles. The Balaban J connectivity index is 2.18. The minimum absolute atomic E-state index is 0.164. The first kappa shape index (κ1) is 15.1.